The minimum Gasteiger partial charge on any atom is -0.480 e. The van der Waals surface area contributed by atoms with Crippen molar-refractivity contribution < 1.29 is 19.5 Å². The lowest BCUT2D eigenvalue weighted by Gasteiger charge is -2.17. The van der Waals surface area contributed by atoms with Gasteiger partial charge in [0.05, 0.1) is 0 Å². The van der Waals surface area contributed by atoms with Crippen molar-refractivity contribution >= 4 is 23.9 Å². The van der Waals surface area contributed by atoms with Gasteiger partial charge in [0, 0.05) is 26.1 Å². The molecule has 0 saturated heterocycles. The van der Waals surface area contributed by atoms with E-state index in [-0.39, 0.29) is 11.8 Å². The van der Waals surface area contributed by atoms with Gasteiger partial charge in [-0.2, -0.15) is 0 Å². The molecule has 0 bridgehead atoms. The number of carboxylic acids is 1. The molecule has 0 aromatic heterocycles. The number of rotatable bonds is 17. The van der Waals surface area contributed by atoms with Gasteiger partial charge in [0.2, 0.25) is 11.8 Å². The first-order valence-corrected chi connectivity index (χ1v) is 11.9. The van der Waals surface area contributed by atoms with Gasteiger partial charge in [-0.1, -0.05) is 75.8 Å². The number of carboxylic acid groups (broad SMARTS) is 1. The largest absolute Gasteiger partial charge is 0.480 e. The van der Waals surface area contributed by atoms with Crippen LogP contribution < -0.4 is 5.32 Å². The highest BCUT2D eigenvalue weighted by Gasteiger charge is 2.19. The average molecular weight is 445 g/mol. The molecule has 6 heteroatoms. The summed E-state index contributed by atoms with van der Waals surface area (Å²) >= 11 is 0. The fraction of sp³-hybridized carbons (Fsp3) is 0.577. The minimum absolute atomic E-state index is 0.0911. The lowest BCUT2D eigenvalue weighted by molar-refractivity contribution is -0.142. The van der Waals surface area contributed by atoms with Crippen LogP contribution in [0.2, 0.25) is 0 Å². The second-order valence-electron chi connectivity index (χ2n) is 8.33. The summed E-state index contributed by atoms with van der Waals surface area (Å²) in [6, 6.07) is 8.75. The molecule has 178 valence electrons. The molecule has 0 saturated carbocycles. The molecule has 2 N–H and O–H groups in total. The Kier molecular flexibility index (Phi) is 14.5. The van der Waals surface area contributed by atoms with Crippen molar-refractivity contribution in [2.75, 3.05) is 13.6 Å². The average Bonchev–Trinajstić information content (AvgIpc) is 2.79. The molecule has 0 aliphatic heterocycles. The summed E-state index contributed by atoms with van der Waals surface area (Å²) in [6.07, 6.45) is 13.2. The van der Waals surface area contributed by atoms with Gasteiger partial charge in [-0.25, -0.2) is 4.79 Å². The number of nitrogens with one attached hydrogen (secondary N) is 1. The number of aliphatic carboxylic acids is 1. The third kappa shape index (κ3) is 12.9. The van der Waals surface area contributed by atoms with Crippen molar-refractivity contribution in [2.45, 2.75) is 83.6 Å². The van der Waals surface area contributed by atoms with Gasteiger partial charge < -0.3 is 15.3 Å². The SMILES string of the molecule is CCCCCCCCCC(=O)NC(CCCCN(C)C(=O)/C=C/c1ccccc1)C(=O)O. The van der Waals surface area contributed by atoms with E-state index >= 15 is 0 Å². The number of carbonyl (C=O) groups excluding carboxylic acids is 2. The summed E-state index contributed by atoms with van der Waals surface area (Å²) < 4.78 is 0. The molecule has 0 fully saturated rings. The predicted molar refractivity (Wildman–Crippen MR) is 129 cm³/mol. The zero-order chi connectivity index (χ0) is 23.6. The van der Waals surface area contributed by atoms with Crippen LogP contribution in [0.1, 0.15) is 83.1 Å². The van der Waals surface area contributed by atoms with E-state index in [1.807, 2.05) is 30.3 Å². The van der Waals surface area contributed by atoms with Crippen LogP contribution >= 0.6 is 0 Å². The Morgan fingerprint density at radius 3 is 2.28 bits per heavy atom. The van der Waals surface area contributed by atoms with E-state index in [0.29, 0.717) is 32.2 Å². The second kappa shape index (κ2) is 17.0. The Hall–Kier alpha value is -2.63. The molecule has 1 aromatic rings. The number of carbonyl (C=O) groups is 3. The standard InChI is InChI=1S/C26H40N2O4/c1-3-4-5-6-7-8-12-18-24(29)27-23(26(31)32)17-13-14-21-28(2)25(30)20-19-22-15-10-9-11-16-22/h9-11,15-16,19-20,23H,3-8,12-14,17-18,21H2,1-2H3,(H,27,29)(H,31,32)/b20-19+. The number of amides is 2. The van der Waals surface area contributed by atoms with Crippen LogP contribution in [-0.2, 0) is 14.4 Å². The van der Waals surface area contributed by atoms with Gasteiger partial charge in [-0.15, -0.1) is 0 Å². The lowest BCUT2D eigenvalue weighted by atomic mass is 10.1. The quantitative estimate of drug-likeness (QED) is 0.260. The summed E-state index contributed by atoms with van der Waals surface area (Å²) in [5.41, 5.74) is 0.964. The smallest absolute Gasteiger partial charge is 0.326 e. The van der Waals surface area contributed by atoms with Crippen molar-refractivity contribution in [3.05, 3.63) is 42.0 Å². The summed E-state index contributed by atoms with van der Waals surface area (Å²) in [5, 5.41) is 12.0. The summed E-state index contributed by atoms with van der Waals surface area (Å²) in [5.74, 6) is -1.29. The molecular weight excluding hydrogens is 404 g/mol. The summed E-state index contributed by atoms with van der Waals surface area (Å²) in [4.78, 5) is 37.4. The maximum absolute atomic E-state index is 12.2. The Morgan fingerprint density at radius 2 is 1.62 bits per heavy atom. The predicted octanol–water partition coefficient (Wildman–Crippen LogP) is 5.04. The third-order valence-corrected chi connectivity index (χ3v) is 5.47. The number of hydrogen-bond acceptors (Lipinski definition) is 3. The number of hydrogen-bond donors (Lipinski definition) is 2. The van der Waals surface area contributed by atoms with E-state index in [4.69, 9.17) is 0 Å². The maximum atomic E-state index is 12.2. The van der Waals surface area contributed by atoms with Crippen LogP contribution in [0.5, 0.6) is 0 Å². The Labute approximate surface area is 193 Å². The normalized spacial score (nSPS) is 11.9. The topological polar surface area (TPSA) is 86.7 Å². The minimum atomic E-state index is -1.01. The van der Waals surface area contributed by atoms with Gasteiger partial charge in [-0.05, 0) is 37.3 Å². The highest BCUT2D eigenvalue weighted by molar-refractivity contribution is 5.91. The van der Waals surface area contributed by atoms with E-state index in [1.54, 1.807) is 24.1 Å². The van der Waals surface area contributed by atoms with E-state index in [0.717, 1.165) is 24.8 Å². The lowest BCUT2D eigenvalue weighted by Crippen LogP contribution is -2.40. The number of likely N-dealkylation sites (N-methyl/N-ethyl adjacent to an activating group) is 1. The molecule has 6 nitrogen and oxygen atoms in total. The van der Waals surface area contributed by atoms with Crippen LogP contribution in [-0.4, -0.2) is 47.4 Å². The molecule has 0 aliphatic carbocycles. The number of benzene rings is 1. The van der Waals surface area contributed by atoms with Gasteiger partial charge in [0.1, 0.15) is 6.04 Å². The first-order valence-electron chi connectivity index (χ1n) is 11.9. The fourth-order valence-electron chi connectivity index (χ4n) is 3.43. The molecule has 2 amide bonds. The highest BCUT2D eigenvalue weighted by Crippen LogP contribution is 2.09. The van der Waals surface area contributed by atoms with Gasteiger partial charge in [-0.3, -0.25) is 9.59 Å². The van der Waals surface area contributed by atoms with E-state index in [1.165, 1.54) is 25.7 Å². The first kappa shape index (κ1) is 27.4. The van der Waals surface area contributed by atoms with Crippen LogP contribution in [0, 0.1) is 0 Å². The van der Waals surface area contributed by atoms with Crippen LogP contribution in [0.3, 0.4) is 0 Å². The van der Waals surface area contributed by atoms with Crippen LogP contribution in [0.15, 0.2) is 36.4 Å². The summed E-state index contributed by atoms with van der Waals surface area (Å²) in [7, 11) is 1.73. The van der Waals surface area contributed by atoms with E-state index < -0.39 is 12.0 Å². The van der Waals surface area contributed by atoms with Crippen molar-refractivity contribution in [1.82, 2.24) is 10.2 Å². The molecule has 0 radical (unpaired) electrons. The highest BCUT2D eigenvalue weighted by atomic mass is 16.4. The third-order valence-electron chi connectivity index (χ3n) is 5.47. The molecule has 1 rings (SSSR count). The zero-order valence-corrected chi connectivity index (χ0v) is 19.7. The molecule has 1 aromatic carbocycles. The Bertz CT molecular complexity index is 703. The second-order valence-corrected chi connectivity index (χ2v) is 8.33. The van der Waals surface area contributed by atoms with Gasteiger partial charge >= 0.3 is 5.97 Å². The summed E-state index contributed by atoms with van der Waals surface area (Å²) in [6.45, 7) is 2.72. The van der Waals surface area contributed by atoms with Crippen LogP contribution in [0.4, 0.5) is 0 Å². The molecule has 1 unspecified atom stereocenters. The van der Waals surface area contributed by atoms with E-state index in [2.05, 4.69) is 12.2 Å². The van der Waals surface area contributed by atoms with Gasteiger partial charge in [0.15, 0.2) is 0 Å². The van der Waals surface area contributed by atoms with Crippen LogP contribution in [0.25, 0.3) is 6.08 Å². The molecule has 32 heavy (non-hydrogen) atoms. The number of nitrogens with zero attached hydrogens (tertiary/aromatic N) is 1. The monoisotopic (exact) mass is 444 g/mol. The zero-order valence-electron chi connectivity index (χ0n) is 19.7. The van der Waals surface area contributed by atoms with Crippen molar-refractivity contribution in [2.24, 2.45) is 0 Å². The molecule has 0 heterocycles. The molecule has 0 spiro atoms. The molecule has 1 atom stereocenters. The molecule has 0 aliphatic rings. The van der Waals surface area contributed by atoms with Crippen molar-refractivity contribution in [1.29, 1.82) is 0 Å². The number of unbranched alkanes of at least 4 members (excludes halogenated alkanes) is 7. The Morgan fingerprint density at radius 1 is 0.969 bits per heavy atom. The fourth-order valence-corrected chi connectivity index (χ4v) is 3.43. The van der Waals surface area contributed by atoms with E-state index in [9.17, 15) is 19.5 Å². The van der Waals surface area contributed by atoms with Crippen molar-refractivity contribution in [3.8, 4) is 0 Å². The first-order chi connectivity index (χ1) is 15.4. The maximum Gasteiger partial charge on any atom is 0.326 e. The Balaban J connectivity index is 2.23. The molecular formula is C26H40N2O4. The van der Waals surface area contributed by atoms with Gasteiger partial charge in [0.25, 0.3) is 0 Å². The van der Waals surface area contributed by atoms with Crippen molar-refractivity contribution in [3.63, 3.8) is 0 Å².